The lowest BCUT2D eigenvalue weighted by Gasteiger charge is -2.51. The van der Waals surface area contributed by atoms with Crippen molar-refractivity contribution in [2.75, 3.05) is 46.4 Å². The van der Waals surface area contributed by atoms with E-state index in [-0.39, 0.29) is 17.4 Å². The van der Waals surface area contributed by atoms with Gasteiger partial charge in [-0.3, -0.25) is 4.79 Å². The number of hydrogen-bond acceptors (Lipinski definition) is 4. The average Bonchev–Trinajstić information content (AvgIpc) is 2.56. The van der Waals surface area contributed by atoms with Gasteiger partial charge >= 0.3 is 0 Å². The standard InChI is InChI=1S/C19H36N2O3/c1-16(2)6-7-18(23)21-11-4-9-19(15-21)14-20(10-5-13-24-3)12-8-17(19)22/h16-17,22H,4-15H2,1-3H3/t17?,19-/m1/s1. The molecule has 2 aliphatic heterocycles. The van der Waals surface area contributed by atoms with Gasteiger partial charge < -0.3 is 19.6 Å². The molecule has 0 saturated carbocycles. The highest BCUT2D eigenvalue weighted by atomic mass is 16.5. The minimum Gasteiger partial charge on any atom is -0.392 e. The highest BCUT2D eigenvalue weighted by Crippen LogP contribution is 2.39. The fourth-order valence-corrected chi connectivity index (χ4v) is 4.21. The maximum absolute atomic E-state index is 12.5. The molecular formula is C19H36N2O3. The second-order valence-electron chi connectivity index (χ2n) is 8.14. The van der Waals surface area contributed by atoms with Gasteiger partial charge in [-0.15, -0.1) is 0 Å². The number of carbonyl (C=O) groups is 1. The van der Waals surface area contributed by atoms with Crippen LogP contribution >= 0.6 is 0 Å². The number of amides is 1. The zero-order valence-electron chi connectivity index (χ0n) is 15.8. The predicted octanol–water partition coefficient (Wildman–Crippen LogP) is 2.13. The Morgan fingerprint density at radius 2 is 2.12 bits per heavy atom. The van der Waals surface area contributed by atoms with Crippen LogP contribution in [0, 0.1) is 11.3 Å². The molecule has 5 heteroatoms. The summed E-state index contributed by atoms with van der Waals surface area (Å²) >= 11 is 0. The fourth-order valence-electron chi connectivity index (χ4n) is 4.21. The Balaban J connectivity index is 1.94. The van der Waals surface area contributed by atoms with Crippen LogP contribution < -0.4 is 0 Å². The van der Waals surface area contributed by atoms with Gasteiger partial charge in [0, 0.05) is 58.3 Å². The van der Waals surface area contributed by atoms with Crippen LogP contribution in [0.4, 0.5) is 0 Å². The van der Waals surface area contributed by atoms with Gasteiger partial charge in [0.05, 0.1) is 6.10 Å². The summed E-state index contributed by atoms with van der Waals surface area (Å²) in [7, 11) is 1.74. The number of piperidine rings is 2. The first kappa shape index (κ1) is 19.7. The fraction of sp³-hybridized carbons (Fsp3) is 0.947. The van der Waals surface area contributed by atoms with E-state index in [2.05, 4.69) is 18.7 Å². The number of carbonyl (C=O) groups excluding carboxylic acids is 1. The van der Waals surface area contributed by atoms with E-state index in [9.17, 15) is 9.90 Å². The van der Waals surface area contributed by atoms with Crippen molar-refractivity contribution in [1.82, 2.24) is 9.80 Å². The molecule has 2 atom stereocenters. The van der Waals surface area contributed by atoms with Crippen LogP contribution in [0.15, 0.2) is 0 Å². The zero-order valence-corrected chi connectivity index (χ0v) is 15.8. The summed E-state index contributed by atoms with van der Waals surface area (Å²) in [6, 6.07) is 0. The SMILES string of the molecule is COCCCN1CCC(O)[C@]2(CCCN(C(=O)CCC(C)C)C2)C1. The third-order valence-corrected chi connectivity index (χ3v) is 5.68. The molecule has 2 aliphatic rings. The molecule has 1 spiro atoms. The Morgan fingerprint density at radius 1 is 1.33 bits per heavy atom. The summed E-state index contributed by atoms with van der Waals surface area (Å²) in [6.07, 6.45) is 5.20. The lowest BCUT2D eigenvalue weighted by Crippen LogP contribution is -2.59. The van der Waals surface area contributed by atoms with E-state index >= 15 is 0 Å². The molecule has 0 radical (unpaired) electrons. The third kappa shape index (κ3) is 5.17. The van der Waals surface area contributed by atoms with Gasteiger partial charge in [0.1, 0.15) is 0 Å². The number of methoxy groups -OCH3 is 1. The van der Waals surface area contributed by atoms with Gasteiger partial charge in [-0.25, -0.2) is 0 Å². The maximum Gasteiger partial charge on any atom is 0.222 e. The van der Waals surface area contributed by atoms with Crippen LogP contribution in [0.5, 0.6) is 0 Å². The van der Waals surface area contributed by atoms with Crippen molar-refractivity contribution in [3.63, 3.8) is 0 Å². The van der Waals surface area contributed by atoms with Crippen molar-refractivity contribution in [2.24, 2.45) is 11.3 Å². The van der Waals surface area contributed by atoms with Crippen LogP contribution in [0.1, 0.15) is 52.4 Å². The minimum absolute atomic E-state index is 0.128. The van der Waals surface area contributed by atoms with Crippen LogP contribution in [0.3, 0.4) is 0 Å². The minimum atomic E-state index is -0.281. The molecule has 140 valence electrons. The van der Waals surface area contributed by atoms with E-state index in [1.807, 2.05) is 4.90 Å². The van der Waals surface area contributed by atoms with Crippen molar-refractivity contribution < 1.29 is 14.6 Å². The van der Waals surface area contributed by atoms with E-state index in [0.29, 0.717) is 12.3 Å². The molecule has 2 saturated heterocycles. The average molecular weight is 341 g/mol. The summed E-state index contributed by atoms with van der Waals surface area (Å²) < 4.78 is 5.16. The van der Waals surface area contributed by atoms with Gasteiger partial charge in [0.15, 0.2) is 0 Å². The lowest BCUT2D eigenvalue weighted by atomic mass is 9.71. The second kappa shape index (κ2) is 9.16. The number of hydrogen-bond donors (Lipinski definition) is 1. The molecule has 0 aromatic carbocycles. The molecule has 0 aromatic heterocycles. The van der Waals surface area contributed by atoms with Crippen LogP contribution in [0.2, 0.25) is 0 Å². The van der Waals surface area contributed by atoms with Crippen molar-refractivity contribution in [3.8, 4) is 0 Å². The van der Waals surface area contributed by atoms with Crippen molar-refractivity contribution in [3.05, 3.63) is 0 Å². The smallest absolute Gasteiger partial charge is 0.222 e. The Hall–Kier alpha value is -0.650. The van der Waals surface area contributed by atoms with Crippen LogP contribution in [-0.4, -0.2) is 73.4 Å². The topological polar surface area (TPSA) is 53.0 Å². The molecule has 2 fully saturated rings. The maximum atomic E-state index is 12.5. The van der Waals surface area contributed by atoms with Gasteiger partial charge in [0.2, 0.25) is 5.91 Å². The summed E-state index contributed by atoms with van der Waals surface area (Å²) in [5, 5.41) is 10.7. The summed E-state index contributed by atoms with van der Waals surface area (Å²) in [5.41, 5.74) is -0.128. The predicted molar refractivity (Wildman–Crippen MR) is 95.9 cm³/mol. The number of nitrogens with zero attached hydrogens (tertiary/aromatic N) is 2. The van der Waals surface area contributed by atoms with Gasteiger partial charge in [-0.2, -0.15) is 0 Å². The quantitative estimate of drug-likeness (QED) is 0.722. The molecule has 24 heavy (non-hydrogen) atoms. The van der Waals surface area contributed by atoms with Crippen molar-refractivity contribution >= 4 is 5.91 Å². The highest BCUT2D eigenvalue weighted by Gasteiger charge is 2.46. The molecule has 0 bridgehead atoms. The Bertz CT molecular complexity index is 402. The van der Waals surface area contributed by atoms with E-state index in [0.717, 1.165) is 71.4 Å². The summed E-state index contributed by atoms with van der Waals surface area (Å²) in [4.78, 5) is 17.0. The zero-order chi connectivity index (χ0) is 17.6. The second-order valence-corrected chi connectivity index (χ2v) is 8.14. The molecule has 2 rings (SSSR count). The number of likely N-dealkylation sites (tertiary alicyclic amines) is 2. The first-order chi connectivity index (χ1) is 11.5. The largest absolute Gasteiger partial charge is 0.392 e. The normalized spacial score (nSPS) is 28.7. The van der Waals surface area contributed by atoms with Crippen LogP contribution in [0.25, 0.3) is 0 Å². The van der Waals surface area contributed by atoms with E-state index in [1.54, 1.807) is 7.11 Å². The van der Waals surface area contributed by atoms with E-state index in [4.69, 9.17) is 4.74 Å². The van der Waals surface area contributed by atoms with E-state index < -0.39 is 0 Å². The molecule has 0 aromatic rings. The van der Waals surface area contributed by atoms with Crippen LogP contribution in [-0.2, 0) is 9.53 Å². The molecule has 0 aliphatic carbocycles. The summed E-state index contributed by atoms with van der Waals surface area (Å²) in [6.45, 7) is 9.57. The Labute approximate surface area is 147 Å². The number of ether oxygens (including phenoxy) is 1. The molecule has 2 heterocycles. The molecule has 1 unspecified atom stereocenters. The Kier molecular flexibility index (Phi) is 7.51. The van der Waals surface area contributed by atoms with E-state index in [1.165, 1.54) is 0 Å². The van der Waals surface area contributed by atoms with Crippen molar-refractivity contribution in [1.29, 1.82) is 0 Å². The highest BCUT2D eigenvalue weighted by molar-refractivity contribution is 5.76. The lowest BCUT2D eigenvalue weighted by molar-refractivity contribution is -0.141. The monoisotopic (exact) mass is 340 g/mol. The molecular weight excluding hydrogens is 304 g/mol. The van der Waals surface area contributed by atoms with Gasteiger partial charge in [0.25, 0.3) is 0 Å². The number of aliphatic hydroxyl groups excluding tert-OH is 1. The number of rotatable bonds is 7. The first-order valence-corrected chi connectivity index (χ1v) is 9.64. The summed E-state index contributed by atoms with van der Waals surface area (Å²) in [5.74, 6) is 0.829. The Morgan fingerprint density at radius 3 is 2.83 bits per heavy atom. The number of aliphatic hydroxyl groups is 1. The molecule has 1 amide bonds. The first-order valence-electron chi connectivity index (χ1n) is 9.64. The molecule has 1 N–H and O–H groups in total. The van der Waals surface area contributed by atoms with Crippen molar-refractivity contribution in [2.45, 2.75) is 58.5 Å². The molecule has 5 nitrogen and oxygen atoms in total. The third-order valence-electron chi connectivity index (χ3n) is 5.68. The van der Waals surface area contributed by atoms with Gasteiger partial charge in [-0.05, 0) is 38.0 Å². The van der Waals surface area contributed by atoms with Gasteiger partial charge in [-0.1, -0.05) is 13.8 Å².